The third-order valence-corrected chi connectivity index (χ3v) is 3.32. The highest BCUT2D eigenvalue weighted by atomic mass is 16.3. The van der Waals surface area contributed by atoms with Gasteiger partial charge in [0.05, 0.1) is 12.7 Å². The van der Waals surface area contributed by atoms with Crippen LogP contribution < -0.4 is 0 Å². The van der Waals surface area contributed by atoms with E-state index in [1.165, 1.54) is 12.8 Å². The zero-order valence-corrected chi connectivity index (χ0v) is 9.86. The Hall–Kier alpha value is -0.120. The van der Waals surface area contributed by atoms with Crippen molar-refractivity contribution in [2.24, 2.45) is 5.92 Å². The van der Waals surface area contributed by atoms with Gasteiger partial charge in [0.1, 0.15) is 0 Å². The Labute approximate surface area is 93.1 Å². The van der Waals surface area contributed by atoms with Crippen molar-refractivity contribution in [1.82, 2.24) is 4.90 Å². The molecule has 0 aliphatic heterocycles. The first-order valence-corrected chi connectivity index (χ1v) is 6.29. The molecule has 0 amide bonds. The van der Waals surface area contributed by atoms with E-state index >= 15 is 0 Å². The molecule has 0 aromatic rings. The van der Waals surface area contributed by atoms with Crippen molar-refractivity contribution in [1.29, 1.82) is 0 Å². The summed E-state index contributed by atoms with van der Waals surface area (Å²) in [5, 5.41) is 18.8. The Kier molecular flexibility index (Phi) is 6.22. The second kappa shape index (κ2) is 7.20. The smallest absolute Gasteiger partial charge is 0.0580 e. The molecule has 1 rings (SSSR count). The maximum atomic E-state index is 9.87. The Bertz CT molecular complexity index is 158. The fourth-order valence-corrected chi connectivity index (χ4v) is 2.48. The van der Waals surface area contributed by atoms with Gasteiger partial charge in [0, 0.05) is 13.1 Å². The summed E-state index contributed by atoms with van der Waals surface area (Å²) >= 11 is 0. The lowest BCUT2D eigenvalue weighted by Crippen LogP contribution is -2.38. The highest BCUT2D eigenvalue weighted by Gasteiger charge is 2.24. The molecule has 0 heterocycles. The number of aliphatic hydroxyl groups excluding tert-OH is 2. The molecule has 2 unspecified atom stereocenters. The summed E-state index contributed by atoms with van der Waals surface area (Å²) in [6.45, 7) is 5.11. The molecule has 0 bridgehead atoms. The first-order valence-electron chi connectivity index (χ1n) is 6.29. The lowest BCUT2D eigenvalue weighted by atomic mass is 9.86. The van der Waals surface area contributed by atoms with Gasteiger partial charge in [0.2, 0.25) is 0 Å². The van der Waals surface area contributed by atoms with E-state index in [2.05, 4.69) is 11.8 Å². The molecule has 90 valence electrons. The normalized spacial score (nSPS) is 27.2. The largest absolute Gasteiger partial charge is 0.395 e. The monoisotopic (exact) mass is 215 g/mol. The molecule has 1 aliphatic rings. The molecule has 0 aromatic carbocycles. The van der Waals surface area contributed by atoms with E-state index in [1.54, 1.807) is 0 Å². The second-order valence-corrected chi connectivity index (χ2v) is 4.64. The molecule has 2 atom stereocenters. The van der Waals surface area contributed by atoms with Crippen LogP contribution in [0.2, 0.25) is 0 Å². The van der Waals surface area contributed by atoms with E-state index in [9.17, 15) is 5.11 Å². The SMILES string of the molecule is CCCN(CCO)CC1CCCCC1O. The summed E-state index contributed by atoms with van der Waals surface area (Å²) in [5.41, 5.74) is 0. The van der Waals surface area contributed by atoms with E-state index in [1.807, 2.05) is 0 Å². The highest BCUT2D eigenvalue weighted by molar-refractivity contribution is 4.77. The summed E-state index contributed by atoms with van der Waals surface area (Å²) < 4.78 is 0. The molecule has 0 aromatic heterocycles. The van der Waals surface area contributed by atoms with Gasteiger partial charge in [0.15, 0.2) is 0 Å². The molecule has 3 nitrogen and oxygen atoms in total. The van der Waals surface area contributed by atoms with Crippen LogP contribution in [0.25, 0.3) is 0 Å². The van der Waals surface area contributed by atoms with Crippen LogP contribution in [0, 0.1) is 5.92 Å². The predicted molar refractivity (Wildman–Crippen MR) is 61.8 cm³/mol. The Morgan fingerprint density at radius 1 is 1.20 bits per heavy atom. The third-order valence-electron chi connectivity index (χ3n) is 3.32. The van der Waals surface area contributed by atoms with Gasteiger partial charge in [-0.1, -0.05) is 19.8 Å². The average Bonchev–Trinajstić information content (AvgIpc) is 2.22. The Balaban J connectivity index is 2.33. The lowest BCUT2D eigenvalue weighted by molar-refractivity contribution is 0.0427. The Morgan fingerprint density at radius 2 is 1.93 bits per heavy atom. The topological polar surface area (TPSA) is 43.7 Å². The van der Waals surface area contributed by atoms with E-state index in [0.717, 1.165) is 38.9 Å². The summed E-state index contributed by atoms with van der Waals surface area (Å²) in [7, 11) is 0. The molecule has 0 radical (unpaired) electrons. The molecule has 2 N–H and O–H groups in total. The third kappa shape index (κ3) is 4.49. The quantitative estimate of drug-likeness (QED) is 0.700. The van der Waals surface area contributed by atoms with Crippen molar-refractivity contribution in [2.75, 3.05) is 26.2 Å². The van der Waals surface area contributed by atoms with Crippen LogP contribution in [0.15, 0.2) is 0 Å². The average molecular weight is 215 g/mol. The molecule has 3 heteroatoms. The summed E-state index contributed by atoms with van der Waals surface area (Å²) in [6.07, 6.45) is 5.53. The zero-order chi connectivity index (χ0) is 11.1. The first kappa shape index (κ1) is 12.9. The van der Waals surface area contributed by atoms with Crippen molar-refractivity contribution in [3.63, 3.8) is 0 Å². The minimum absolute atomic E-state index is 0.114. The maximum Gasteiger partial charge on any atom is 0.0580 e. The van der Waals surface area contributed by atoms with Crippen molar-refractivity contribution >= 4 is 0 Å². The van der Waals surface area contributed by atoms with Gasteiger partial charge in [0.25, 0.3) is 0 Å². The van der Waals surface area contributed by atoms with Gasteiger partial charge >= 0.3 is 0 Å². The van der Waals surface area contributed by atoms with Crippen molar-refractivity contribution in [3.8, 4) is 0 Å². The fourth-order valence-electron chi connectivity index (χ4n) is 2.48. The summed E-state index contributed by atoms with van der Waals surface area (Å²) in [5.74, 6) is 0.428. The van der Waals surface area contributed by atoms with Crippen LogP contribution in [0.1, 0.15) is 39.0 Å². The first-order chi connectivity index (χ1) is 7.27. The minimum atomic E-state index is -0.114. The number of hydrogen-bond acceptors (Lipinski definition) is 3. The van der Waals surface area contributed by atoms with Gasteiger partial charge < -0.3 is 15.1 Å². The molecule has 0 saturated heterocycles. The molecule has 1 fully saturated rings. The van der Waals surface area contributed by atoms with E-state index in [-0.39, 0.29) is 12.7 Å². The Morgan fingerprint density at radius 3 is 2.53 bits per heavy atom. The van der Waals surface area contributed by atoms with Crippen LogP contribution in [0.4, 0.5) is 0 Å². The molecule has 1 aliphatic carbocycles. The van der Waals surface area contributed by atoms with E-state index in [0.29, 0.717) is 5.92 Å². The van der Waals surface area contributed by atoms with Crippen molar-refractivity contribution in [2.45, 2.75) is 45.1 Å². The zero-order valence-electron chi connectivity index (χ0n) is 9.86. The molecular formula is C12H25NO2. The van der Waals surface area contributed by atoms with Crippen LogP contribution in [0.5, 0.6) is 0 Å². The summed E-state index contributed by atoms with van der Waals surface area (Å²) in [4.78, 5) is 2.28. The second-order valence-electron chi connectivity index (χ2n) is 4.64. The van der Waals surface area contributed by atoms with E-state index < -0.39 is 0 Å². The van der Waals surface area contributed by atoms with E-state index in [4.69, 9.17) is 5.11 Å². The van der Waals surface area contributed by atoms with Crippen LogP contribution >= 0.6 is 0 Å². The van der Waals surface area contributed by atoms with Gasteiger partial charge in [-0.15, -0.1) is 0 Å². The van der Waals surface area contributed by atoms with Crippen LogP contribution in [-0.2, 0) is 0 Å². The lowest BCUT2D eigenvalue weighted by Gasteiger charge is -2.32. The van der Waals surface area contributed by atoms with Crippen LogP contribution in [0.3, 0.4) is 0 Å². The van der Waals surface area contributed by atoms with Gasteiger partial charge in [-0.3, -0.25) is 0 Å². The van der Waals surface area contributed by atoms with Gasteiger partial charge in [-0.25, -0.2) is 0 Å². The number of rotatable bonds is 6. The maximum absolute atomic E-state index is 9.87. The molecule has 0 spiro atoms. The molecular weight excluding hydrogens is 190 g/mol. The molecule has 1 saturated carbocycles. The summed E-state index contributed by atoms with van der Waals surface area (Å²) in [6, 6.07) is 0. The van der Waals surface area contributed by atoms with Gasteiger partial charge in [-0.2, -0.15) is 0 Å². The van der Waals surface area contributed by atoms with Crippen LogP contribution in [-0.4, -0.2) is 47.5 Å². The highest BCUT2D eigenvalue weighted by Crippen LogP contribution is 2.25. The number of aliphatic hydroxyl groups is 2. The predicted octanol–water partition coefficient (Wildman–Crippen LogP) is 1.24. The minimum Gasteiger partial charge on any atom is -0.395 e. The number of nitrogens with zero attached hydrogens (tertiary/aromatic N) is 1. The number of hydrogen-bond donors (Lipinski definition) is 2. The molecule has 15 heavy (non-hydrogen) atoms. The standard InChI is InChI=1S/C12H25NO2/c1-2-7-13(8-9-14)10-11-5-3-4-6-12(11)15/h11-12,14-15H,2-10H2,1H3. The van der Waals surface area contributed by atoms with Crippen molar-refractivity contribution in [3.05, 3.63) is 0 Å². The van der Waals surface area contributed by atoms with Gasteiger partial charge in [-0.05, 0) is 31.7 Å². The fraction of sp³-hybridized carbons (Fsp3) is 1.00. The van der Waals surface area contributed by atoms with Crippen molar-refractivity contribution < 1.29 is 10.2 Å².